The lowest BCUT2D eigenvalue weighted by atomic mass is 9.89. The van der Waals surface area contributed by atoms with Crippen molar-refractivity contribution in [2.45, 2.75) is 69.4 Å². The third kappa shape index (κ3) is 10.3. The number of aryl methyl sites for hydroxylation is 1. The van der Waals surface area contributed by atoms with Crippen molar-refractivity contribution in [2.75, 3.05) is 74.7 Å². The molecule has 3 N–H and O–H groups in total. The molecule has 4 fully saturated rings. The summed E-state index contributed by atoms with van der Waals surface area (Å²) in [6.07, 6.45) is 13.1. The molecule has 0 unspecified atom stereocenters. The van der Waals surface area contributed by atoms with Crippen LogP contribution in [-0.4, -0.2) is 118 Å². The molecule has 4 aliphatic rings. The van der Waals surface area contributed by atoms with Gasteiger partial charge in [-0.05, 0) is 104 Å². The van der Waals surface area contributed by atoms with Gasteiger partial charge in [0, 0.05) is 117 Å². The zero-order valence-electron chi connectivity index (χ0n) is 39.6. The molecule has 3 aliphatic heterocycles. The van der Waals surface area contributed by atoms with E-state index in [1.54, 1.807) is 25.7 Å². The van der Waals surface area contributed by atoms with Gasteiger partial charge in [0.05, 0.1) is 45.8 Å². The molecule has 15 nitrogen and oxygen atoms in total. The van der Waals surface area contributed by atoms with Crippen LogP contribution in [0.5, 0.6) is 5.75 Å². The first-order valence-corrected chi connectivity index (χ1v) is 27.5. The monoisotopic (exact) mass is 1040 g/mol. The predicted molar refractivity (Wildman–Crippen MR) is 272 cm³/mol. The third-order valence-corrected chi connectivity index (χ3v) is 16.3. The van der Waals surface area contributed by atoms with Crippen molar-refractivity contribution in [3.05, 3.63) is 101 Å². The summed E-state index contributed by atoms with van der Waals surface area (Å²) in [5.41, 5.74) is 5.47. The van der Waals surface area contributed by atoms with E-state index in [1.165, 1.54) is 12.1 Å². The van der Waals surface area contributed by atoms with Crippen LogP contribution < -0.4 is 30.9 Å². The minimum Gasteiger partial charge on any atom is -0.488 e. The average Bonchev–Trinajstić information content (AvgIpc) is 3.76. The molecular weight excluding hydrogens is 980 g/mol. The second-order valence-corrected chi connectivity index (χ2v) is 23.3. The minimum absolute atomic E-state index is 0.0592. The zero-order chi connectivity index (χ0) is 48.7. The molecule has 3 saturated heterocycles. The van der Waals surface area contributed by atoms with Crippen LogP contribution in [0.3, 0.4) is 0 Å². The fourth-order valence-electron chi connectivity index (χ4n) is 10.2. The Labute approximate surface area is 414 Å². The largest absolute Gasteiger partial charge is 0.488 e. The van der Waals surface area contributed by atoms with E-state index in [0.29, 0.717) is 51.8 Å². The number of hydrogen-bond acceptors (Lipinski definition) is 13. The Morgan fingerprint density at radius 1 is 0.886 bits per heavy atom. The van der Waals surface area contributed by atoms with E-state index in [1.807, 2.05) is 48.4 Å². The van der Waals surface area contributed by atoms with Gasteiger partial charge < -0.3 is 29.7 Å². The van der Waals surface area contributed by atoms with Crippen LogP contribution in [0, 0.1) is 11.6 Å². The highest BCUT2D eigenvalue weighted by Gasteiger charge is 2.34. The van der Waals surface area contributed by atoms with Gasteiger partial charge in [-0.1, -0.05) is 18.2 Å². The Bertz CT molecular complexity index is 2980. The Morgan fingerprint density at radius 2 is 1.64 bits per heavy atom. The number of aromatic nitrogens is 5. The smallest absolute Gasteiger partial charge is 0.234 e. The van der Waals surface area contributed by atoms with Gasteiger partial charge in [-0.3, -0.25) is 29.5 Å². The average molecular weight is 1040 g/mol. The highest BCUT2D eigenvalue weighted by atomic mass is 79.9. The molecule has 3 aromatic heterocycles. The first-order chi connectivity index (χ1) is 33.7. The first-order valence-electron chi connectivity index (χ1n) is 24.1. The number of carbonyl (C=O) groups is 2. The molecule has 6 aromatic rings. The number of piperidine rings is 2. The summed E-state index contributed by atoms with van der Waals surface area (Å²) in [6, 6.07) is 15.1. The van der Waals surface area contributed by atoms with Crippen LogP contribution in [0.25, 0.3) is 22.0 Å². The predicted octanol–water partition coefficient (Wildman–Crippen LogP) is 8.48. The molecule has 0 bridgehead atoms. The molecule has 0 radical (unpaired) electrons. The Balaban J connectivity index is 0.825. The first kappa shape index (κ1) is 47.8. The van der Waals surface area contributed by atoms with E-state index in [0.717, 1.165) is 111 Å². The quantitative estimate of drug-likeness (QED) is 0.0704. The normalized spacial score (nSPS) is 18.8. The van der Waals surface area contributed by atoms with Gasteiger partial charge in [-0.15, -0.1) is 0 Å². The van der Waals surface area contributed by atoms with Crippen molar-refractivity contribution in [3.8, 4) is 16.9 Å². The minimum atomic E-state index is -2.76. The number of fused-ring (bicyclic) bond motifs is 1. The van der Waals surface area contributed by atoms with Crippen LogP contribution in [0.15, 0.2) is 77.8 Å². The number of nitrogens with one attached hydrogen (secondary N) is 3. The van der Waals surface area contributed by atoms with Crippen molar-refractivity contribution in [2.24, 2.45) is 7.05 Å². The highest BCUT2D eigenvalue weighted by Crippen LogP contribution is 2.44. The van der Waals surface area contributed by atoms with Gasteiger partial charge in [0.15, 0.2) is 0 Å². The van der Waals surface area contributed by atoms with Gasteiger partial charge in [-0.2, -0.15) is 10.1 Å². The van der Waals surface area contributed by atoms with Gasteiger partial charge in [0.25, 0.3) is 0 Å². The number of anilines is 5. The van der Waals surface area contributed by atoms with Crippen molar-refractivity contribution >= 4 is 79.9 Å². The Hall–Kier alpha value is -5.81. The fourth-order valence-corrected chi connectivity index (χ4v) is 12.0. The topological polar surface area (TPSA) is 163 Å². The molecule has 10 rings (SSSR count). The van der Waals surface area contributed by atoms with Crippen molar-refractivity contribution in [1.29, 1.82) is 0 Å². The van der Waals surface area contributed by atoms with Crippen LogP contribution in [-0.2, 0) is 27.6 Å². The second-order valence-electron chi connectivity index (χ2n) is 19.3. The van der Waals surface area contributed by atoms with E-state index < -0.39 is 36.5 Å². The molecule has 1 aliphatic carbocycles. The molecule has 6 heterocycles. The Morgan fingerprint density at radius 3 is 2.33 bits per heavy atom. The maximum atomic E-state index is 15.2. The molecular formula is C51H57BrF2N11O4P. The third-order valence-electron chi connectivity index (χ3n) is 14.2. The van der Waals surface area contributed by atoms with Gasteiger partial charge >= 0.3 is 0 Å². The van der Waals surface area contributed by atoms with Crippen LogP contribution >= 0.6 is 23.1 Å². The number of nitrogens with zero attached hydrogens (tertiary/aromatic N) is 8. The van der Waals surface area contributed by atoms with Crippen LogP contribution in [0.2, 0.25) is 0 Å². The summed E-state index contributed by atoms with van der Waals surface area (Å²) >= 11 is 3.64. The SMILES string of the molecule is Cn1cc(-c2cc(Nc3ncc(Br)c(Nc4cnc5ccccc5c4P(C)(C)=O)n3)c(OC3CCC3)cc2N2CCC(N3CCN(CCc4cc(F)c([C@H]5CCC(=O)NC5=O)c(F)c4)CC3)CC2)cn1. The van der Waals surface area contributed by atoms with E-state index >= 15 is 8.78 Å². The zero-order valence-corrected chi connectivity index (χ0v) is 42.0. The van der Waals surface area contributed by atoms with Gasteiger partial charge in [0.2, 0.25) is 17.8 Å². The summed E-state index contributed by atoms with van der Waals surface area (Å²) in [4.78, 5) is 45.5. The molecule has 1 saturated carbocycles. The van der Waals surface area contributed by atoms with Crippen molar-refractivity contribution in [3.63, 3.8) is 0 Å². The molecule has 366 valence electrons. The maximum absolute atomic E-state index is 15.2. The summed E-state index contributed by atoms with van der Waals surface area (Å²) in [6.45, 7) is 9.47. The second kappa shape index (κ2) is 20.1. The number of halogens is 3. The van der Waals surface area contributed by atoms with Crippen molar-refractivity contribution < 1.29 is 27.7 Å². The highest BCUT2D eigenvalue weighted by molar-refractivity contribution is 9.10. The number of amides is 2. The number of piperazine rings is 1. The Kier molecular flexibility index (Phi) is 13.8. The van der Waals surface area contributed by atoms with E-state index in [9.17, 15) is 14.2 Å². The van der Waals surface area contributed by atoms with Crippen LogP contribution in [0.1, 0.15) is 62.0 Å². The van der Waals surface area contributed by atoms with Gasteiger partial charge in [-0.25, -0.2) is 13.8 Å². The summed E-state index contributed by atoms with van der Waals surface area (Å²) in [5, 5.41) is 15.2. The lowest BCUT2D eigenvalue weighted by molar-refractivity contribution is -0.134. The molecule has 3 aromatic carbocycles. The van der Waals surface area contributed by atoms with E-state index in [4.69, 9.17) is 9.72 Å². The number of benzene rings is 3. The number of rotatable bonds is 14. The number of para-hydroxylation sites is 1. The number of pyridine rings is 1. The van der Waals surface area contributed by atoms with Crippen LogP contribution in [0.4, 0.5) is 37.6 Å². The number of ether oxygens (including phenoxy) is 1. The number of carbonyl (C=O) groups excluding carboxylic acids is 2. The number of imide groups is 1. The maximum Gasteiger partial charge on any atom is 0.234 e. The molecule has 70 heavy (non-hydrogen) atoms. The molecule has 19 heteroatoms. The number of hydrogen-bond donors (Lipinski definition) is 3. The van der Waals surface area contributed by atoms with E-state index in [2.05, 4.69) is 73.8 Å². The molecule has 0 spiro atoms. The lowest BCUT2D eigenvalue weighted by Gasteiger charge is -2.43. The van der Waals surface area contributed by atoms with E-state index in [-0.39, 0.29) is 24.5 Å². The van der Waals surface area contributed by atoms with Gasteiger partial charge in [0.1, 0.15) is 30.3 Å². The summed E-state index contributed by atoms with van der Waals surface area (Å²) < 4.78 is 53.3. The molecule has 1 atom stereocenters. The fraction of sp³-hybridized carbons (Fsp3) is 0.412. The molecule has 2 amide bonds. The summed E-state index contributed by atoms with van der Waals surface area (Å²) in [7, 11) is -0.843. The lowest BCUT2D eigenvalue weighted by Crippen LogP contribution is -2.53. The summed E-state index contributed by atoms with van der Waals surface area (Å²) in [5.74, 6) is -1.98. The van der Waals surface area contributed by atoms with Crippen molar-refractivity contribution in [1.82, 2.24) is 39.8 Å². The standard InChI is InChI=1S/C51H57BrF2N11O4P/c1-62-30-32(27-57-62)37-25-42(59-51-56-28-38(52)49(61-51)58-43-29-55-41-10-5-4-9-35(41)48(43)70(2,3)68)45(69-34-7-6-8-34)26-44(37)65-17-14-33(15-18-65)64-21-19-63(20-22-64)16-13-31-23-39(53)47(40(54)24-31)36-11-12-46(66)60-50(36)67/h4-5,9-10,23-30,33-34,36H,6-8,11-22H2,1-3H3,(H,60,66,67)(H2,56,58,59,61)/t36-/m1/s1.